The first kappa shape index (κ1) is 16.2. The molecule has 1 aliphatic heterocycles. The molecule has 1 saturated heterocycles. The van der Waals surface area contributed by atoms with Gasteiger partial charge in [0.1, 0.15) is 0 Å². The van der Waals surface area contributed by atoms with Gasteiger partial charge in [0.25, 0.3) is 5.91 Å². The van der Waals surface area contributed by atoms with E-state index in [1.807, 2.05) is 30.3 Å². The molecule has 0 saturated carbocycles. The number of rotatable bonds is 4. The van der Waals surface area contributed by atoms with Gasteiger partial charge in [-0.15, -0.1) is 0 Å². The number of amides is 1. The minimum Gasteiger partial charge on any atom is -0.346 e. The van der Waals surface area contributed by atoms with Gasteiger partial charge in [-0.25, -0.2) is 9.97 Å². The number of halogens is 1. The highest BCUT2D eigenvalue weighted by Gasteiger charge is 2.14. The molecule has 0 radical (unpaired) electrons. The van der Waals surface area contributed by atoms with E-state index >= 15 is 0 Å². The average Bonchev–Trinajstić information content (AvgIpc) is 2.61. The van der Waals surface area contributed by atoms with Crippen LogP contribution in [0.3, 0.4) is 0 Å². The van der Waals surface area contributed by atoms with E-state index in [1.54, 1.807) is 6.20 Å². The van der Waals surface area contributed by atoms with Crippen molar-refractivity contribution in [2.24, 2.45) is 0 Å². The summed E-state index contributed by atoms with van der Waals surface area (Å²) < 4.78 is 1.11. The van der Waals surface area contributed by atoms with E-state index < -0.39 is 0 Å². The van der Waals surface area contributed by atoms with Gasteiger partial charge in [0.2, 0.25) is 5.95 Å². The van der Waals surface area contributed by atoms with Crippen LogP contribution >= 0.6 is 22.6 Å². The Balaban J connectivity index is 1.61. The lowest BCUT2D eigenvalue weighted by Crippen LogP contribution is -2.31. The van der Waals surface area contributed by atoms with Crippen molar-refractivity contribution in [1.29, 1.82) is 0 Å². The van der Waals surface area contributed by atoms with Crippen LogP contribution in [0.25, 0.3) is 0 Å². The average molecular weight is 422 g/mol. The number of nitrogens with zero attached hydrogens (tertiary/aromatic N) is 3. The van der Waals surface area contributed by atoms with Gasteiger partial charge in [-0.2, -0.15) is 0 Å². The first-order valence-electron chi connectivity index (χ1n) is 7.83. The maximum absolute atomic E-state index is 12.1. The number of nitrogens with one attached hydrogen (secondary N) is 1. The summed E-state index contributed by atoms with van der Waals surface area (Å²) in [6.45, 7) is 2.44. The van der Waals surface area contributed by atoms with Gasteiger partial charge >= 0.3 is 0 Å². The monoisotopic (exact) mass is 422 g/mol. The van der Waals surface area contributed by atoms with Crippen LogP contribution in [-0.2, 0) is 6.54 Å². The van der Waals surface area contributed by atoms with Gasteiger partial charge in [0.05, 0.1) is 12.2 Å². The molecule has 0 aliphatic carbocycles. The zero-order valence-corrected chi connectivity index (χ0v) is 15.0. The lowest BCUT2D eigenvalue weighted by Gasteiger charge is -2.26. The van der Waals surface area contributed by atoms with Gasteiger partial charge < -0.3 is 10.2 Å². The first-order valence-corrected chi connectivity index (χ1v) is 8.91. The van der Waals surface area contributed by atoms with E-state index in [0.717, 1.165) is 28.3 Å². The van der Waals surface area contributed by atoms with E-state index in [1.165, 1.54) is 19.3 Å². The maximum Gasteiger partial charge on any atom is 0.251 e. The molecule has 120 valence electrons. The van der Waals surface area contributed by atoms with Crippen LogP contribution in [0.15, 0.2) is 36.5 Å². The van der Waals surface area contributed by atoms with Crippen LogP contribution in [0.2, 0.25) is 0 Å². The van der Waals surface area contributed by atoms with Gasteiger partial charge in [0, 0.05) is 28.4 Å². The Morgan fingerprint density at radius 3 is 2.61 bits per heavy atom. The molecule has 23 heavy (non-hydrogen) atoms. The van der Waals surface area contributed by atoms with Crippen LogP contribution < -0.4 is 10.2 Å². The van der Waals surface area contributed by atoms with Crippen molar-refractivity contribution in [2.75, 3.05) is 18.0 Å². The van der Waals surface area contributed by atoms with Crippen molar-refractivity contribution in [2.45, 2.75) is 25.8 Å². The Hall–Kier alpha value is -1.70. The number of piperidine rings is 1. The molecule has 0 bridgehead atoms. The molecule has 0 atom stereocenters. The Labute approximate surface area is 149 Å². The van der Waals surface area contributed by atoms with E-state index in [9.17, 15) is 4.79 Å². The number of hydrogen-bond acceptors (Lipinski definition) is 4. The molecule has 1 amide bonds. The third kappa shape index (κ3) is 4.40. The number of carbonyl (C=O) groups is 1. The SMILES string of the molecule is O=C(NCc1ccnc(N2CCCCC2)n1)c1ccc(I)cc1. The summed E-state index contributed by atoms with van der Waals surface area (Å²) in [5, 5.41) is 2.91. The summed E-state index contributed by atoms with van der Waals surface area (Å²) in [6, 6.07) is 9.36. The Morgan fingerprint density at radius 1 is 1.13 bits per heavy atom. The number of carbonyl (C=O) groups excluding carboxylic acids is 1. The number of aromatic nitrogens is 2. The molecule has 0 unspecified atom stereocenters. The van der Waals surface area contributed by atoms with Gasteiger partial charge in [-0.05, 0) is 72.2 Å². The van der Waals surface area contributed by atoms with Gasteiger partial charge in [-0.1, -0.05) is 0 Å². The third-order valence-corrected chi connectivity index (χ3v) is 4.60. The molecular formula is C17H19IN4O. The largest absolute Gasteiger partial charge is 0.346 e. The molecule has 0 spiro atoms. The minimum absolute atomic E-state index is 0.0838. The Kier molecular flexibility index (Phi) is 5.43. The molecule has 6 heteroatoms. The molecule has 2 heterocycles. The van der Waals surface area contributed by atoms with Crippen molar-refractivity contribution in [3.63, 3.8) is 0 Å². The van der Waals surface area contributed by atoms with Crippen molar-refractivity contribution in [1.82, 2.24) is 15.3 Å². The van der Waals surface area contributed by atoms with E-state index in [-0.39, 0.29) is 5.91 Å². The standard InChI is InChI=1S/C17H19IN4O/c18-14-6-4-13(5-7-14)16(23)20-12-15-8-9-19-17(21-15)22-10-2-1-3-11-22/h4-9H,1-3,10-12H2,(H,20,23). The summed E-state index contributed by atoms with van der Waals surface area (Å²) in [7, 11) is 0. The zero-order valence-electron chi connectivity index (χ0n) is 12.8. The van der Waals surface area contributed by atoms with Crippen molar-refractivity contribution >= 4 is 34.4 Å². The lowest BCUT2D eigenvalue weighted by molar-refractivity contribution is 0.0950. The Bertz CT molecular complexity index is 669. The van der Waals surface area contributed by atoms with Crippen LogP contribution in [-0.4, -0.2) is 29.0 Å². The molecule has 1 fully saturated rings. The number of benzene rings is 1. The number of hydrogen-bond donors (Lipinski definition) is 1. The van der Waals surface area contributed by atoms with Crippen molar-refractivity contribution < 1.29 is 4.79 Å². The Morgan fingerprint density at radius 2 is 1.87 bits per heavy atom. The fourth-order valence-corrected chi connectivity index (χ4v) is 2.96. The van der Waals surface area contributed by atoms with Crippen molar-refractivity contribution in [3.05, 3.63) is 51.4 Å². The molecular weight excluding hydrogens is 403 g/mol. The molecule has 1 aromatic carbocycles. The van der Waals surface area contributed by atoms with E-state index in [4.69, 9.17) is 0 Å². The molecule has 1 N–H and O–H groups in total. The van der Waals surface area contributed by atoms with Crippen LogP contribution in [0, 0.1) is 3.57 Å². The van der Waals surface area contributed by atoms with Gasteiger partial charge in [-0.3, -0.25) is 4.79 Å². The zero-order chi connectivity index (χ0) is 16.1. The second-order valence-electron chi connectivity index (χ2n) is 5.59. The predicted octanol–water partition coefficient (Wildman–Crippen LogP) is 3.00. The second-order valence-corrected chi connectivity index (χ2v) is 6.83. The highest BCUT2D eigenvalue weighted by Crippen LogP contribution is 2.15. The summed E-state index contributed by atoms with van der Waals surface area (Å²) in [5.74, 6) is 0.685. The second kappa shape index (κ2) is 7.72. The third-order valence-electron chi connectivity index (χ3n) is 3.88. The fourth-order valence-electron chi connectivity index (χ4n) is 2.60. The highest BCUT2D eigenvalue weighted by molar-refractivity contribution is 14.1. The summed E-state index contributed by atoms with van der Waals surface area (Å²) in [5.41, 5.74) is 1.50. The molecule has 1 aliphatic rings. The molecule has 5 nitrogen and oxygen atoms in total. The molecule has 1 aromatic heterocycles. The molecule has 2 aromatic rings. The van der Waals surface area contributed by atoms with Crippen molar-refractivity contribution in [3.8, 4) is 0 Å². The lowest BCUT2D eigenvalue weighted by atomic mass is 10.1. The molecule has 3 rings (SSSR count). The summed E-state index contributed by atoms with van der Waals surface area (Å²) >= 11 is 2.22. The summed E-state index contributed by atoms with van der Waals surface area (Å²) in [6.07, 6.45) is 5.43. The topological polar surface area (TPSA) is 58.1 Å². The number of anilines is 1. The highest BCUT2D eigenvalue weighted by atomic mass is 127. The summed E-state index contributed by atoms with van der Waals surface area (Å²) in [4.78, 5) is 23.3. The minimum atomic E-state index is -0.0838. The fraction of sp³-hybridized carbons (Fsp3) is 0.353. The predicted molar refractivity (Wildman–Crippen MR) is 98.4 cm³/mol. The van der Waals surface area contributed by atoms with Gasteiger partial charge in [0.15, 0.2) is 0 Å². The van der Waals surface area contributed by atoms with Crippen LogP contribution in [0.5, 0.6) is 0 Å². The normalized spacial score (nSPS) is 14.6. The smallest absolute Gasteiger partial charge is 0.251 e. The maximum atomic E-state index is 12.1. The quantitative estimate of drug-likeness (QED) is 0.770. The first-order chi connectivity index (χ1) is 11.2. The van der Waals surface area contributed by atoms with Crippen LogP contribution in [0.1, 0.15) is 35.3 Å². The van der Waals surface area contributed by atoms with E-state index in [0.29, 0.717) is 12.1 Å². The van der Waals surface area contributed by atoms with E-state index in [2.05, 4.69) is 42.8 Å². The van der Waals surface area contributed by atoms with Crippen LogP contribution in [0.4, 0.5) is 5.95 Å².